The van der Waals surface area contributed by atoms with Gasteiger partial charge < -0.3 is 16.4 Å². The van der Waals surface area contributed by atoms with E-state index in [2.05, 4.69) is 10.6 Å². The number of amides is 2. The Morgan fingerprint density at radius 2 is 2.06 bits per heavy atom. The van der Waals surface area contributed by atoms with Crippen LogP contribution in [0.15, 0.2) is 30.0 Å². The van der Waals surface area contributed by atoms with Gasteiger partial charge in [0.1, 0.15) is 0 Å². The smallest absolute Gasteiger partial charge is 0.323 e. The summed E-state index contributed by atoms with van der Waals surface area (Å²) in [7, 11) is 0. The molecule has 4 N–H and O–H groups in total. The third-order valence-electron chi connectivity index (χ3n) is 1.95. The van der Waals surface area contributed by atoms with Gasteiger partial charge in [-0.1, -0.05) is 11.6 Å². The number of rotatable bonds is 2. The molecule has 0 saturated heterocycles. The zero-order valence-corrected chi connectivity index (χ0v) is 9.79. The van der Waals surface area contributed by atoms with Gasteiger partial charge in [0.2, 0.25) is 0 Å². The molecule has 1 rings (SSSR count). The molecule has 0 aliphatic carbocycles. The van der Waals surface area contributed by atoms with Crippen molar-refractivity contribution in [3.05, 3.63) is 35.5 Å². The maximum atomic E-state index is 11.5. The number of nitrogens with two attached hydrogens (primary N) is 1. The van der Waals surface area contributed by atoms with Crippen LogP contribution in [-0.2, 0) is 0 Å². The highest BCUT2D eigenvalue weighted by atomic mass is 16.2. The van der Waals surface area contributed by atoms with Crippen LogP contribution in [0.1, 0.15) is 19.4 Å². The summed E-state index contributed by atoms with van der Waals surface area (Å²) < 4.78 is 0. The Bertz CT molecular complexity index is 420. The van der Waals surface area contributed by atoms with Gasteiger partial charge in [-0.3, -0.25) is 0 Å². The minimum atomic E-state index is -0.293. The Morgan fingerprint density at radius 3 is 2.69 bits per heavy atom. The number of hydrogen-bond acceptors (Lipinski definition) is 2. The van der Waals surface area contributed by atoms with E-state index in [0.717, 1.165) is 11.1 Å². The predicted molar refractivity (Wildman–Crippen MR) is 67.2 cm³/mol. The molecule has 4 heteroatoms. The molecule has 1 aromatic rings. The summed E-state index contributed by atoms with van der Waals surface area (Å²) in [6.07, 6.45) is 1.64. The van der Waals surface area contributed by atoms with Gasteiger partial charge in [0.15, 0.2) is 0 Å². The highest BCUT2D eigenvalue weighted by Crippen LogP contribution is 2.19. The second-order valence-corrected chi connectivity index (χ2v) is 3.91. The number of benzene rings is 1. The third-order valence-corrected chi connectivity index (χ3v) is 1.95. The van der Waals surface area contributed by atoms with Crippen molar-refractivity contribution in [1.82, 2.24) is 5.32 Å². The lowest BCUT2D eigenvalue weighted by atomic mass is 10.2. The lowest BCUT2D eigenvalue weighted by Gasteiger charge is -2.08. The van der Waals surface area contributed by atoms with E-state index in [9.17, 15) is 4.79 Å². The van der Waals surface area contributed by atoms with Gasteiger partial charge in [-0.25, -0.2) is 4.79 Å². The molecule has 0 radical (unpaired) electrons. The fourth-order valence-electron chi connectivity index (χ4n) is 1.15. The van der Waals surface area contributed by atoms with E-state index in [-0.39, 0.29) is 6.03 Å². The van der Waals surface area contributed by atoms with Crippen LogP contribution >= 0.6 is 0 Å². The highest BCUT2D eigenvalue weighted by molar-refractivity contribution is 5.93. The van der Waals surface area contributed by atoms with Crippen molar-refractivity contribution < 1.29 is 4.79 Å². The molecule has 0 atom stereocenters. The molecule has 0 heterocycles. The lowest BCUT2D eigenvalue weighted by molar-refractivity contribution is 0.255. The minimum Gasteiger partial charge on any atom is -0.397 e. The summed E-state index contributed by atoms with van der Waals surface area (Å²) in [5.41, 5.74) is 8.98. The second kappa shape index (κ2) is 5.21. The Labute approximate surface area is 95.5 Å². The largest absolute Gasteiger partial charge is 0.397 e. The van der Waals surface area contributed by atoms with Gasteiger partial charge in [-0.05, 0) is 38.5 Å². The Morgan fingerprint density at radius 1 is 1.38 bits per heavy atom. The van der Waals surface area contributed by atoms with Crippen LogP contribution < -0.4 is 16.4 Å². The second-order valence-electron chi connectivity index (χ2n) is 3.91. The van der Waals surface area contributed by atoms with E-state index in [1.807, 2.05) is 32.9 Å². The van der Waals surface area contributed by atoms with Crippen LogP contribution in [0.25, 0.3) is 0 Å². The van der Waals surface area contributed by atoms with Crippen LogP contribution in [0.4, 0.5) is 16.2 Å². The Kier molecular flexibility index (Phi) is 3.94. The molecule has 0 fully saturated rings. The molecule has 0 aliphatic rings. The number of urea groups is 1. The van der Waals surface area contributed by atoms with Crippen molar-refractivity contribution in [2.75, 3.05) is 11.1 Å². The van der Waals surface area contributed by atoms with Crippen LogP contribution in [0, 0.1) is 6.92 Å². The standard InChI is InChI=1S/C12H17N3O/c1-8(2)7-14-12(16)15-11-6-9(3)4-5-10(11)13/h4-7H,13H2,1-3H3,(H2,14,15,16). The van der Waals surface area contributed by atoms with Crippen LogP contribution in [0.2, 0.25) is 0 Å². The number of aryl methyl sites for hydroxylation is 1. The first kappa shape index (κ1) is 12.1. The first-order valence-electron chi connectivity index (χ1n) is 5.06. The summed E-state index contributed by atoms with van der Waals surface area (Å²) in [4.78, 5) is 11.5. The van der Waals surface area contributed by atoms with E-state index < -0.39 is 0 Å². The monoisotopic (exact) mass is 219 g/mol. The van der Waals surface area contributed by atoms with E-state index >= 15 is 0 Å². The SMILES string of the molecule is CC(C)=CNC(=O)Nc1cc(C)ccc1N. The van der Waals surface area contributed by atoms with Crippen molar-refractivity contribution >= 4 is 17.4 Å². The quantitative estimate of drug-likeness (QED) is 0.669. The van der Waals surface area contributed by atoms with E-state index in [1.165, 1.54) is 0 Å². The molecule has 0 spiro atoms. The first-order valence-corrected chi connectivity index (χ1v) is 5.06. The van der Waals surface area contributed by atoms with Crippen molar-refractivity contribution in [2.24, 2.45) is 0 Å². The third kappa shape index (κ3) is 3.65. The van der Waals surface area contributed by atoms with Crippen molar-refractivity contribution in [3.8, 4) is 0 Å². The zero-order chi connectivity index (χ0) is 12.1. The molecule has 0 bridgehead atoms. The van der Waals surface area contributed by atoms with Crippen LogP contribution in [0.5, 0.6) is 0 Å². The topological polar surface area (TPSA) is 67.2 Å². The van der Waals surface area contributed by atoms with Crippen molar-refractivity contribution in [3.63, 3.8) is 0 Å². The highest BCUT2D eigenvalue weighted by Gasteiger charge is 2.03. The van der Waals surface area contributed by atoms with Crippen LogP contribution in [-0.4, -0.2) is 6.03 Å². The fourth-order valence-corrected chi connectivity index (χ4v) is 1.15. The average molecular weight is 219 g/mol. The number of hydrogen-bond donors (Lipinski definition) is 3. The molecule has 1 aromatic carbocycles. The summed E-state index contributed by atoms with van der Waals surface area (Å²) in [6.45, 7) is 5.75. The molecule has 86 valence electrons. The predicted octanol–water partition coefficient (Wildman–Crippen LogP) is 2.62. The number of nitrogens with one attached hydrogen (secondary N) is 2. The van der Waals surface area contributed by atoms with E-state index in [0.29, 0.717) is 11.4 Å². The maximum Gasteiger partial charge on any atom is 0.323 e. The average Bonchev–Trinajstić information content (AvgIpc) is 2.20. The number of nitrogen functional groups attached to an aromatic ring is 1. The van der Waals surface area contributed by atoms with Gasteiger partial charge in [0.05, 0.1) is 11.4 Å². The normalized spacial score (nSPS) is 9.44. The fraction of sp³-hybridized carbons (Fsp3) is 0.250. The van der Waals surface area contributed by atoms with Crippen molar-refractivity contribution in [2.45, 2.75) is 20.8 Å². The summed E-state index contributed by atoms with van der Waals surface area (Å²) in [5, 5.41) is 5.30. The summed E-state index contributed by atoms with van der Waals surface area (Å²) >= 11 is 0. The summed E-state index contributed by atoms with van der Waals surface area (Å²) in [5.74, 6) is 0. The molecular weight excluding hydrogens is 202 g/mol. The number of allylic oxidation sites excluding steroid dienone is 1. The lowest BCUT2D eigenvalue weighted by Crippen LogP contribution is -2.24. The van der Waals surface area contributed by atoms with Gasteiger partial charge >= 0.3 is 6.03 Å². The first-order chi connectivity index (χ1) is 7.49. The van der Waals surface area contributed by atoms with Gasteiger partial charge in [-0.15, -0.1) is 0 Å². The van der Waals surface area contributed by atoms with Gasteiger partial charge in [0, 0.05) is 6.20 Å². The molecule has 0 aliphatic heterocycles. The maximum absolute atomic E-state index is 11.5. The van der Waals surface area contributed by atoms with E-state index in [1.54, 1.807) is 12.3 Å². The number of carbonyl (C=O) groups excluding carboxylic acids is 1. The van der Waals surface area contributed by atoms with Crippen molar-refractivity contribution in [1.29, 1.82) is 0 Å². The number of carbonyl (C=O) groups is 1. The number of anilines is 2. The molecule has 16 heavy (non-hydrogen) atoms. The minimum absolute atomic E-state index is 0.293. The Hall–Kier alpha value is -1.97. The Balaban J connectivity index is 2.69. The summed E-state index contributed by atoms with van der Waals surface area (Å²) in [6, 6.07) is 5.20. The molecule has 4 nitrogen and oxygen atoms in total. The molecular formula is C12H17N3O. The molecule has 0 aromatic heterocycles. The van der Waals surface area contributed by atoms with Gasteiger partial charge in [0.25, 0.3) is 0 Å². The van der Waals surface area contributed by atoms with E-state index in [4.69, 9.17) is 5.73 Å². The molecule has 0 saturated carbocycles. The molecule has 2 amide bonds. The zero-order valence-electron chi connectivity index (χ0n) is 9.79. The molecule has 0 unspecified atom stereocenters. The van der Waals surface area contributed by atoms with Gasteiger partial charge in [-0.2, -0.15) is 0 Å². The van der Waals surface area contributed by atoms with Crippen LogP contribution in [0.3, 0.4) is 0 Å².